The van der Waals surface area contributed by atoms with Crippen LogP contribution in [0.2, 0.25) is 0 Å². The fourth-order valence-corrected chi connectivity index (χ4v) is 9.70. The highest BCUT2D eigenvalue weighted by molar-refractivity contribution is 5.86. The van der Waals surface area contributed by atoms with Gasteiger partial charge in [0, 0.05) is 12.5 Å². The standard InChI is InChI=1S/C32H51NO/c1-7-24(11-9-10-22(3)4)27-14-15-28-26-13-12-25-20-23(21-33-30(34)8-2)16-18-31(25,5)29(26)17-19-32(27,28)6/h1,8,22-29H,2,9-21H2,3-6H3,(H,33,34)/t23-,24+,25?,26?,27+,28?,29?,31-,32+/m0/s1. The van der Waals surface area contributed by atoms with Gasteiger partial charge >= 0.3 is 0 Å². The van der Waals surface area contributed by atoms with E-state index in [1.807, 2.05) is 0 Å². The Hall–Kier alpha value is -1.23. The lowest BCUT2D eigenvalue weighted by Crippen LogP contribution is -2.54. The molecule has 0 aliphatic heterocycles. The molecule has 0 heterocycles. The molecular weight excluding hydrogens is 414 g/mol. The van der Waals surface area contributed by atoms with E-state index in [0.29, 0.717) is 22.7 Å². The van der Waals surface area contributed by atoms with Crippen molar-refractivity contribution in [3.8, 4) is 12.3 Å². The van der Waals surface area contributed by atoms with Gasteiger partial charge in [-0.15, -0.1) is 12.3 Å². The van der Waals surface area contributed by atoms with E-state index in [9.17, 15) is 4.79 Å². The van der Waals surface area contributed by atoms with Crippen LogP contribution >= 0.6 is 0 Å². The lowest BCUT2D eigenvalue weighted by Gasteiger charge is -2.61. The zero-order valence-electron chi connectivity index (χ0n) is 22.6. The summed E-state index contributed by atoms with van der Waals surface area (Å²) in [5.74, 6) is 9.46. The molecule has 0 aromatic heterocycles. The molecule has 0 spiro atoms. The summed E-state index contributed by atoms with van der Waals surface area (Å²) < 4.78 is 0. The van der Waals surface area contributed by atoms with Gasteiger partial charge < -0.3 is 5.32 Å². The van der Waals surface area contributed by atoms with Gasteiger partial charge in [-0.05, 0) is 123 Å². The summed E-state index contributed by atoms with van der Waals surface area (Å²) in [6.45, 7) is 14.4. The second-order valence-corrected chi connectivity index (χ2v) is 13.6. The van der Waals surface area contributed by atoms with Gasteiger partial charge in [0.2, 0.25) is 5.91 Å². The Labute approximate surface area is 210 Å². The topological polar surface area (TPSA) is 29.1 Å². The number of terminal acetylenes is 1. The van der Waals surface area contributed by atoms with Crippen molar-refractivity contribution in [2.75, 3.05) is 6.54 Å². The van der Waals surface area contributed by atoms with Crippen LogP contribution in [-0.2, 0) is 4.79 Å². The smallest absolute Gasteiger partial charge is 0.243 e. The van der Waals surface area contributed by atoms with Gasteiger partial charge in [0.15, 0.2) is 0 Å². The Kier molecular flexibility index (Phi) is 7.91. The third-order valence-corrected chi connectivity index (χ3v) is 11.6. The van der Waals surface area contributed by atoms with Crippen molar-refractivity contribution in [2.45, 2.75) is 105 Å². The van der Waals surface area contributed by atoms with E-state index in [4.69, 9.17) is 6.42 Å². The van der Waals surface area contributed by atoms with Crippen LogP contribution in [0.1, 0.15) is 105 Å². The van der Waals surface area contributed by atoms with Crippen molar-refractivity contribution in [3.63, 3.8) is 0 Å². The van der Waals surface area contributed by atoms with Crippen molar-refractivity contribution < 1.29 is 4.79 Å². The van der Waals surface area contributed by atoms with Gasteiger partial charge in [0.25, 0.3) is 0 Å². The van der Waals surface area contributed by atoms with E-state index >= 15 is 0 Å². The lowest BCUT2D eigenvalue weighted by atomic mass is 9.44. The predicted octanol–water partition coefficient (Wildman–Crippen LogP) is 7.64. The van der Waals surface area contributed by atoms with E-state index in [1.165, 1.54) is 83.1 Å². The van der Waals surface area contributed by atoms with Gasteiger partial charge in [-0.1, -0.05) is 47.1 Å². The minimum absolute atomic E-state index is 0.0196. The van der Waals surface area contributed by atoms with E-state index in [2.05, 4.69) is 45.5 Å². The highest BCUT2D eigenvalue weighted by Gasteiger charge is 2.60. The lowest BCUT2D eigenvalue weighted by molar-refractivity contribution is -0.122. The number of carbonyl (C=O) groups excluding carboxylic acids is 1. The minimum Gasteiger partial charge on any atom is -0.352 e. The molecule has 2 nitrogen and oxygen atoms in total. The Morgan fingerprint density at radius 2 is 1.79 bits per heavy atom. The summed E-state index contributed by atoms with van der Waals surface area (Å²) in [6, 6.07) is 0. The number of hydrogen-bond donors (Lipinski definition) is 1. The number of hydrogen-bond acceptors (Lipinski definition) is 1. The first-order chi connectivity index (χ1) is 16.2. The zero-order chi connectivity index (χ0) is 24.5. The molecule has 34 heavy (non-hydrogen) atoms. The SMILES string of the molecule is C#C[C@H](CCCC(C)C)[C@H]1CCC2C3CCC4C[C@@H](CNC(=O)C=C)CC[C@]4(C)C3CC[C@@]21C. The monoisotopic (exact) mass is 465 g/mol. The third kappa shape index (κ3) is 4.75. The van der Waals surface area contributed by atoms with Crippen LogP contribution in [-0.4, -0.2) is 12.5 Å². The molecule has 0 aromatic rings. The minimum atomic E-state index is -0.0196. The molecule has 4 fully saturated rings. The Bertz CT molecular complexity index is 778. The number of carbonyl (C=O) groups is 1. The maximum Gasteiger partial charge on any atom is 0.243 e. The highest BCUT2D eigenvalue weighted by Crippen LogP contribution is 2.68. The second kappa shape index (κ2) is 10.4. The van der Waals surface area contributed by atoms with E-state index in [0.717, 1.165) is 42.1 Å². The van der Waals surface area contributed by atoms with Gasteiger partial charge in [-0.25, -0.2) is 0 Å². The van der Waals surface area contributed by atoms with Crippen molar-refractivity contribution in [1.82, 2.24) is 5.32 Å². The van der Waals surface area contributed by atoms with E-state index in [-0.39, 0.29) is 5.91 Å². The first kappa shape index (κ1) is 25.9. The molecule has 9 atom stereocenters. The van der Waals surface area contributed by atoms with Crippen LogP contribution in [0, 0.1) is 70.5 Å². The number of amides is 1. The molecule has 190 valence electrons. The van der Waals surface area contributed by atoms with Crippen molar-refractivity contribution >= 4 is 5.91 Å². The normalized spacial score (nSPS) is 42.1. The molecule has 4 aliphatic rings. The summed E-state index contributed by atoms with van der Waals surface area (Å²) in [5, 5.41) is 3.07. The molecule has 4 aliphatic carbocycles. The van der Waals surface area contributed by atoms with E-state index < -0.39 is 0 Å². The Morgan fingerprint density at radius 3 is 2.50 bits per heavy atom. The van der Waals surface area contributed by atoms with Crippen LogP contribution in [0.4, 0.5) is 0 Å². The van der Waals surface area contributed by atoms with Crippen LogP contribution in [0.5, 0.6) is 0 Å². The molecule has 1 N–H and O–H groups in total. The molecule has 4 saturated carbocycles. The number of rotatable bonds is 8. The molecule has 0 aromatic carbocycles. The molecule has 0 radical (unpaired) electrons. The summed E-state index contributed by atoms with van der Waals surface area (Å²) in [5.41, 5.74) is 0.968. The van der Waals surface area contributed by atoms with E-state index in [1.54, 1.807) is 0 Å². The van der Waals surface area contributed by atoms with Crippen molar-refractivity contribution in [2.24, 2.45) is 58.2 Å². The van der Waals surface area contributed by atoms with Gasteiger partial charge in [0.05, 0.1) is 0 Å². The van der Waals surface area contributed by atoms with Crippen molar-refractivity contribution in [1.29, 1.82) is 0 Å². The highest BCUT2D eigenvalue weighted by atomic mass is 16.1. The van der Waals surface area contributed by atoms with Crippen molar-refractivity contribution in [3.05, 3.63) is 12.7 Å². The second-order valence-electron chi connectivity index (χ2n) is 13.6. The van der Waals surface area contributed by atoms with Gasteiger partial charge in [0.1, 0.15) is 0 Å². The molecule has 0 saturated heterocycles. The van der Waals surface area contributed by atoms with Gasteiger partial charge in [-0.3, -0.25) is 4.79 Å². The van der Waals surface area contributed by atoms with Gasteiger partial charge in [-0.2, -0.15) is 0 Å². The molecule has 2 heteroatoms. The summed E-state index contributed by atoms with van der Waals surface area (Å²) in [7, 11) is 0. The van der Waals surface area contributed by atoms with Crippen LogP contribution in [0.25, 0.3) is 0 Å². The van der Waals surface area contributed by atoms with Crippen LogP contribution in [0.3, 0.4) is 0 Å². The largest absolute Gasteiger partial charge is 0.352 e. The quantitative estimate of drug-likeness (QED) is 0.289. The fraction of sp³-hybridized carbons (Fsp3) is 0.844. The average Bonchev–Trinajstić information content (AvgIpc) is 3.17. The Morgan fingerprint density at radius 1 is 1.06 bits per heavy atom. The first-order valence-corrected chi connectivity index (χ1v) is 14.6. The molecule has 1 amide bonds. The predicted molar refractivity (Wildman–Crippen MR) is 143 cm³/mol. The summed E-state index contributed by atoms with van der Waals surface area (Å²) in [4.78, 5) is 11.7. The molecule has 0 bridgehead atoms. The summed E-state index contributed by atoms with van der Waals surface area (Å²) in [6.07, 6.45) is 23.8. The fourth-order valence-electron chi connectivity index (χ4n) is 9.70. The maximum absolute atomic E-state index is 11.7. The molecule has 4 rings (SSSR count). The maximum atomic E-state index is 11.7. The third-order valence-electron chi connectivity index (χ3n) is 11.6. The zero-order valence-corrected chi connectivity index (χ0v) is 22.6. The molecular formula is C32H51NO. The number of nitrogens with one attached hydrogen (secondary N) is 1. The Balaban J connectivity index is 1.42. The van der Waals surface area contributed by atoms with Crippen LogP contribution < -0.4 is 5.32 Å². The molecule has 4 unspecified atom stereocenters. The first-order valence-electron chi connectivity index (χ1n) is 14.6. The number of fused-ring (bicyclic) bond motifs is 5. The van der Waals surface area contributed by atoms with Crippen LogP contribution in [0.15, 0.2) is 12.7 Å². The average molecular weight is 466 g/mol. The summed E-state index contributed by atoms with van der Waals surface area (Å²) >= 11 is 0.